The zero-order chi connectivity index (χ0) is 24.2. The molecule has 0 atom stereocenters. The Morgan fingerprint density at radius 3 is 2.54 bits per heavy atom. The molecule has 0 unspecified atom stereocenters. The van der Waals surface area contributed by atoms with Gasteiger partial charge in [-0.1, -0.05) is 66.2 Å². The first-order valence-corrected chi connectivity index (χ1v) is 11.6. The molecule has 174 valence electrons. The van der Waals surface area contributed by atoms with Gasteiger partial charge in [0, 0.05) is 5.56 Å². The van der Waals surface area contributed by atoms with E-state index in [1.165, 1.54) is 5.56 Å². The summed E-state index contributed by atoms with van der Waals surface area (Å²) in [6, 6.07) is 27.7. The van der Waals surface area contributed by atoms with E-state index in [0.717, 1.165) is 27.5 Å². The topological polar surface area (TPSA) is 57.1 Å². The lowest BCUT2D eigenvalue weighted by Crippen LogP contribution is -2.05. The molecule has 0 radical (unpaired) electrons. The standard InChI is InChI=1S/C30H25NO4/c1-3-33-28-17-21(11-14-27(28)34-19-22-8-6-7-20(2)15-22)16-26-30(32)35-29(31-26)25-13-12-23-9-4-5-10-24(23)18-25/h4-18H,3,19H2,1-2H3. The smallest absolute Gasteiger partial charge is 0.363 e. The van der Waals surface area contributed by atoms with Crippen LogP contribution in [-0.2, 0) is 16.1 Å². The molecule has 0 aromatic heterocycles. The van der Waals surface area contributed by atoms with Gasteiger partial charge in [0.05, 0.1) is 6.61 Å². The zero-order valence-electron chi connectivity index (χ0n) is 19.7. The third-order valence-corrected chi connectivity index (χ3v) is 5.66. The number of aliphatic imine (C=N–C) groups is 1. The Balaban J connectivity index is 1.39. The average molecular weight is 464 g/mol. The largest absolute Gasteiger partial charge is 0.490 e. The van der Waals surface area contributed by atoms with E-state index < -0.39 is 5.97 Å². The minimum atomic E-state index is -0.481. The van der Waals surface area contributed by atoms with Gasteiger partial charge in [0.2, 0.25) is 5.90 Å². The molecule has 0 amide bonds. The quantitative estimate of drug-likeness (QED) is 0.233. The van der Waals surface area contributed by atoms with Crippen LogP contribution in [0.25, 0.3) is 16.8 Å². The molecule has 0 saturated heterocycles. The van der Waals surface area contributed by atoms with Gasteiger partial charge in [0.25, 0.3) is 0 Å². The van der Waals surface area contributed by atoms with Gasteiger partial charge < -0.3 is 14.2 Å². The molecule has 0 saturated carbocycles. The van der Waals surface area contributed by atoms with E-state index in [1.54, 1.807) is 6.08 Å². The van der Waals surface area contributed by atoms with Crippen molar-refractivity contribution in [3.8, 4) is 11.5 Å². The SMILES string of the molecule is CCOc1cc(C=C2N=C(c3ccc4ccccc4c3)OC2=O)ccc1OCc1cccc(C)c1. The first-order chi connectivity index (χ1) is 17.1. The molecular formula is C30H25NO4. The number of nitrogens with zero attached hydrogens (tertiary/aromatic N) is 1. The summed E-state index contributed by atoms with van der Waals surface area (Å²) in [5, 5.41) is 2.17. The van der Waals surface area contributed by atoms with Crippen LogP contribution in [0.2, 0.25) is 0 Å². The summed E-state index contributed by atoms with van der Waals surface area (Å²) in [6.07, 6.45) is 1.70. The average Bonchev–Trinajstić information content (AvgIpc) is 3.23. The number of ether oxygens (including phenoxy) is 3. The minimum absolute atomic E-state index is 0.240. The van der Waals surface area contributed by atoms with Crippen molar-refractivity contribution in [1.82, 2.24) is 0 Å². The number of cyclic esters (lactones) is 1. The first-order valence-electron chi connectivity index (χ1n) is 11.6. The predicted octanol–water partition coefficient (Wildman–Crippen LogP) is 6.47. The molecule has 5 heteroatoms. The van der Waals surface area contributed by atoms with Crippen LogP contribution in [0, 0.1) is 6.92 Å². The van der Waals surface area contributed by atoms with Crippen molar-refractivity contribution >= 4 is 28.7 Å². The number of aryl methyl sites for hydroxylation is 1. The lowest BCUT2D eigenvalue weighted by molar-refractivity contribution is -0.129. The summed E-state index contributed by atoms with van der Waals surface area (Å²) in [7, 11) is 0. The van der Waals surface area contributed by atoms with E-state index in [9.17, 15) is 4.79 Å². The summed E-state index contributed by atoms with van der Waals surface area (Å²) >= 11 is 0. The molecule has 4 aromatic rings. The number of hydrogen-bond acceptors (Lipinski definition) is 5. The van der Waals surface area contributed by atoms with Crippen molar-refractivity contribution in [1.29, 1.82) is 0 Å². The molecule has 1 aliphatic rings. The Hall–Kier alpha value is -4.38. The second-order valence-corrected chi connectivity index (χ2v) is 8.31. The highest BCUT2D eigenvalue weighted by Gasteiger charge is 2.24. The van der Waals surface area contributed by atoms with Crippen LogP contribution in [0.3, 0.4) is 0 Å². The summed E-state index contributed by atoms with van der Waals surface area (Å²) in [6.45, 7) is 4.91. The van der Waals surface area contributed by atoms with Crippen LogP contribution < -0.4 is 9.47 Å². The first kappa shape index (κ1) is 22.4. The third-order valence-electron chi connectivity index (χ3n) is 5.66. The van der Waals surface area contributed by atoms with Crippen LogP contribution in [0.1, 0.15) is 29.2 Å². The van der Waals surface area contributed by atoms with E-state index >= 15 is 0 Å². The Labute approximate surface area is 204 Å². The van der Waals surface area contributed by atoms with Gasteiger partial charge in [-0.05, 0) is 66.1 Å². The number of carbonyl (C=O) groups excluding carboxylic acids is 1. The van der Waals surface area contributed by atoms with Gasteiger partial charge in [-0.3, -0.25) is 0 Å². The van der Waals surface area contributed by atoms with Crippen molar-refractivity contribution in [2.24, 2.45) is 4.99 Å². The van der Waals surface area contributed by atoms with Crippen molar-refractivity contribution in [3.63, 3.8) is 0 Å². The maximum absolute atomic E-state index is 12.5. The number of benzene rings is 4. The van der Waals surface area contributed by atoms with Gasteiger partial charge in [-0.2, -0.15) is 0 Å². The molecule has 35 heavy (non-hydrogen) atoms. The molecule has 0 spiro atoms. The Morgan fingerprint density at radius 2 is 1.71 bits per heavy atom. The molecule has 4 aromatic carbocycles. The van der Waals surface area contributed by atoms with Crippen molar-refractivity contribution in [3.05, 3.63) is 113 Å². The van der Waals surface area contributed by atoms with Gasteiger partial charge in [0.15, 0.2) is 17.2 Å². The highest BCUT2D eigenvalue weighted by Crippen LogP contribution is 2.31. The zero-order valence-corrected chi connectivity index (χ0v) is 19.7. The Bertz CT molecular complexity index is 1470. The fourth-order valence-electron chi connectivity index (χ4n) is 3.98. The van der Waals surface area contributed by atoms with Crippen molar-refractivity contribution < 1.29 is 19.0 Å². The highest BCUT2D eigenvalue weighted by atomic mass is 16.6. The summed E-state index contributed by atoms with van der Waals surface area (Å²) in [4.78, 5) is 17.0. The van der Waals surface area contributed by atoms with Gasteiger partial charge in [-0.25, -0.2) is 9.79 Å². The number of hydrogen-bond donors (Lipinski definition) is 0. The van der Waals surface area contributed by atoms with Gasteiger partial charge in [-0.15, -0.1) is 0 Å². The number of carbonyl (C=O) groups is 1. The fourth-order valence-corrected chi connectivity index (χ4v) is 3.98. The second-order valence-electron chi connectivity index (χ2n) is 8.31. The van der Waals surface area contributed by atoms with Crippen LogP contribution in [0.5, 0.6) is 11.5 Å². The molecule has 5 rings (SSSR count). The van der Waals surface area contributed by atoms with Crippen LogP contribution >= 0.6 is 0 Å². The molecule has 0 aliphatic carbocycles. The van der Waals surface area contributed by atoms with E-state index in [4.69, 9.17) is 14.2 Å². The summed E-state index contributed by atoms with van der Waals surface area (Å²) in [5.74, 6) is 1.07. The lowest BCUT2D eigenvalue weighted by Gasteiger charge is -2.13. The number of fused-ring (bicyclic) bond motifs is 1. The Kier molecular flexibility index (Phi) is 6.31. The molecular weight excluding hydrogens is 438 g/mol. The fraction of sp³-hybridized carbons (Fsp3) is 0.133. The summed E-state index contributed by atoms with van der Waals surface area (Å²) in [5.41, 5.74) is 4.04. The van der Waals surface area contributed by atoms with Crippen molar-refractivity contribution in [2.75, 3.05) is 6.61 Å². The Morgan fingerprint density at radius 1 is 0.857 bits per heavy atom. The molecule has 1 aliphatic heterocycles. The molecule has 1 heterocycles. The van der Waals surface area contributed by atoms with Gasteiger partial charge >= 0.3 is 5.97 Å². The van der Waals surface area contributed by atoms with E-state index in [2.05, 4.69) is 24.0 Å². The third kappa shape index (κ3) is 5.09. The maximum atomic E-state index is 12.5. The van der Waals surface area contributed by atoms with Gasteiger partial charge in [0.1, 0.15) is 6.61 Å². The van der Waals surface area contributed by atoms with Crippen LogP contribution in [0.15, 0.2) is 95.6 Å². The van der Waals surface area contributed by atoms with E-state index in [-0.39, 0.29) is 5.70 Å². The monoisotopic (exact) mass is 463 g/mol. The molecule has 0 N–H and O–H groups in total. The second kappa shape index (κ2) is 9.85. The maximum Gasteiger partial charge on any atom is 0.363 e. The van der Waals surface area contributed by atoms with E-state index in [1.807, 2.05) is 79.7 Å². The minimum Gasteiger partial charge on any atom is -0.490 e. The van der Waals surface area contributed by atoms with Crippen LogP contribution in [0.4, 0.5) is 0 Å². The van der Waals surface area contributed by atoms with Crippen LogP contribution in [-0.4, -0.2) is 18.5 Å². The molecule has 0 fully saturated rings. The van der Waals surface area contributed by atoms with E-state index in [0.29, 0.717) is 30.6 Å². The molecule has 5 nitrogen and oxygen atoms in total. The normalized spacial score (nSPS) is 14.2. The summed E-state index contributed by atoms with van der Waals surface area (Å²) < 4.78 is 17.3. The number of rotatable bonds is 7. The lowest BCUT2D eigenvalue weighted by atomic mass is 10.1. The number of esters is 1. The highest BCUT2D eigenvalue weighted by molar-refractivity contribution is 6.13. The predicted molar refractivity (Wildman–Crippen MR) is 138 cm³/mol. The molecule has 0 bridgehead atoms. The van der Waals surface area contributed by atoms with Crippen molar-refractivity contribution in [2.45, 2.75) is 20.5 Å².